The van der Waals surface area contributed by atoms with E-state index >= 15 is 0 Å². The molecule has 126 valence electrons. The van der Waals surface area contributed by atoms with E-state index in [1.54, 1.807) is 0 Å². The van der Waals surface area contributed by atoms with Crippen molar-refractivity contribution in [2.24, 2.45) is 17.3 Å². The lowest BCUT2D eigenvalue weighted by Gasteiger charge is -2.43. The third-order valence-corrected chi connectivity index (χ3v) is 5.39. The molecule has 3 unspecified atom stereocenters. The van der Waals surface area contributed by atoms with Crippen LogP contribution in [0, 0.1) is 24.2 Å². The largest absolute Gasteiger partial charge is 0.291 e. The Morgan fingerprint density at radius 1 is 1.09 bits per heavy atom. The first-order valence-corrected chi connectivity index (χ1v) is 8.83. The molecule has 3 atom stereocenters. The van der Waals surface area contributed by atoms with Crippen molar-refractivity contribution in [2.75, 3.05) is 0 Å². The summed E-state index contributed by atoms with van der Waals surface area (Å²) in [5.41, 5.74) is 2.68. The quantitative estimate of drug-likeness (QED) is 0.725. The lowest BCUT2D eigenvalue weighted by molar-refractivity contribution is -0.140. The molecule has 1 aliphatic rings. The standard InChI is InChI=1S/C21H30O2/c1-14-10-6-7-11-16(14)19(21(3,4)5)17-12-8-9-13-18(17)20(23)15(2)22/h6-7,10-11,17-19H,8-9,12-13H2,1-5H3. The third kappa shape index (κ3) is 3.91. The van der Waals surface area contributed by atoms with Gasteiger partial charge in [-0.05, 0) is 48.1 Å². The summed E-state index contributed by atoms with van der Waals surface area (Å²) in [6, 6.07) is 8.51. The first-order valence-electron chi connectivity index (χ1n) is 8.83. The predicted molar refractivity (Wildman–Crippen MR) is 94.5 cm³/mol. The van der Waals surface area contributed by atoms with Crippen molar-refractivity contribution in [3.8, 4) is 0 Å². The molecule has 2 rings (SSSR count). The number of carbonyl (C=O) groups excluding carboxylic acids is 2. The predicted octanol–water partition coefficient (Wildman–Crippen LogP) is 5.09. The van der Waals surface area contributed by atoms with Gasteiger partial charge in [-0.1, -0.05) is 57.9 Å². The van der Waals surface area contributed by atoms with Crippen molar-refractivity contribution in [1.82, 2.24) is 0 Å². The minimum absolute atomic E-state index is 0.0590. The Morgan fingerprint density at radius 3 is 2.26 bits per heavy atom. The van der Waals surface area contributed by atoms with Crippen molar-refractivity contribution in [3.05, 3.63) is 35.4 Å². The van der Waals surface area contributed by atoms with Crippen LogP contribution in [0.4, 0.5) is 0 Å². The Bertz CT molecular complexity index is 580. The van der Waals surface area contributed by atoms with Gasteiger partial charge in [-0.3, -0.25) is 9.59 Å². The number of Topliss-reactive ketones (excluding diaryl/α,β-unsaturated/α-hetero) is 2. The number of carbonyl (C=O) groups is 2. The van der Waals surface area contributed by atoms with E-state index < -0.39 is 0 Å². The van der Waals surface area contributed by atoms with Gasteiger partial charge in [0.25, 0.3) is 0 Å². The van der Waals surface area contributed by atoms with Crippen LogP contribution in [-0.2, 0) is 9.59 Å². The van der Waals surface area contributed by atoms with E-state index in [1.165, 1.54) is 18.1 Å². The van der Waals surface area contributed by atoms with Crippen LogP contribution in [0.15, 0.2) is 24.3 Å². The second kappa shape index (κ2) is 6.98. The van der Waals surface area contributed by atoms with Crippen LogP contribution in [0.1, 0.15) is 70.4 Å². The molecule has 0 aromatic heterocycles. The van der Waals surface area contributed by atoms with Crippen LogP contribution in [0.5, 0.6) is 0 Å². The number of hydrogen-bond acceptors (Lipinski definition) is 2. The number of benzene rings is 1. The summed E-state index contributed by atoms with van der Waals surface area (Å²) in [6.45, 7) is 10.3. The smallest absolute Gasteiger partial charge is 0.201 e. The Labute approximate surface area is 140 Å². The normalized spacial score (nSPS) is 23.3. The average Bonchev–Trinajstić information content (AvgIpc) is 2.48. The van der Waals surface area contributed by atoms with Crippen molar-refractivity contribution in [1.29, 1.82) is 0 Å². The fraction of sp³-hybridized carbons (Fsp3) is 0.619. The Balaban J connectivity index is 2.47. The number of ketones is 2. The van der Waals surface area contributed by atoms with Gasteiger partial charge in [0.1, 0.15) is 0 Å². The van der Waals surface area contributed by atoms with Gasteiger partial charge < -0.3 is 0 Å². The van der Waals surface area contributed by atoms with E-state index in [0.29, 0.717) is 5.92 Å². The zero-order valence-electron chi connectivity index (χ0n) is 15.2. The minimum Gasteiger partial charge on any atom is -0.291 e. The molecule has 2 heteroatoms. The van der Waals surface area contributed by atoms with Gasteiger partial charge in [0, 0.05) is 12.8 Å². The van der Waals surface area contributed by atoms with Crippen LogP contribution in [0.2, 0.25) is 0 Å². The Kier molecular flexibility index (Phi) is 5.44. The molecule has 0 spiro atoms. The van der Waals surface area contributed by atoms with E-state index in [2.05, 4.69) is 52.0 Å². The molecule has 0 bridgehead atoms. The minimum atomic E-state index is -0.278. The van der Waals surface area contributed by atoms with E-state index in [0.717, 1.165) is 25.7 Å². The zero-order chi connectivity index (χ0) is 17.2. The maximum absolute atomic E-state index is 12.5. The van der Waals surface area contributed by atoms with Gasteiger partial charge in [-0.15, -0.1) is 0 Å². The second-order valence-corrected chi connectivity index (χ2v) is 8.18. The molecule has 0 N–H and O–H groups in total. The summed E-state index contributed by atoms with van der Waals surface area (Å²) in [5.74, 6) is 0.0282. The van der Waals surface area contributed by atoms with Gasteiger partial charge in [0.15, 0.2) is 5.78 Å². The number of rotatable bonds is 4. The first kappa shape index (κ1) is 17.9. The topological polar surface area (TPSA) is 34.1 Å². The van der Waals surface area contributed by atoms with E-state index in [-0.39, 0.29) is 28.8 Å². The van der Waals surface area contributed by atoms with Crippen molar-refractivity contribution >= 4 is 11.6 Å². The summed E-state index contributed by atoms with van der Waals surface area (Å²) in [5, 5.41) is 0. The van der Waals surface area contributed by atoms with Crippen molar-refractivity contribution < 1.29 is 9.59 Å². The molecular weight excluding hydrogens is 284 g/mol. The number of hydrogen-bond donors (Lipinski definition) is 0. The third-order valence-electron chi connectivity index (χ3n) is 5.39. The molecule has 0 aliphatic heterocycles. The molecular formula is C21H30O2. The lowest BCUT2D eigenvalue weighted by atomic mass is 9.60. The first-order chi connectivity index (χ1) is 10.7. The van der Waals surface area contributed by atoms with Gasteiger partial charge >= 0.3 is 0 Å². The van der Waals surface area contributed by atoms with Crippen LogP contribution in [-0.4, -0.2) is 11.6 Å². The molecule has 23 heavy (non-hydrogen) atoms. The molecule has 0 heterocycles. The molecule has 2 nitrogen and oxygen atoms in total. The summed E-state index contributed by atoms with van der Waals surface area (Å²) >= 11 is 0. The summed E-state index contributed by atoms with van der Waals surface area (Å²) in [4.78, 5) is 24.2. The van der Waals surface area contributed by atoms with E-state index in [4.69, 9.17) is 0 Å². The highest BCUT2D eigenvalue weighted by Crippen LogP contribution is 2.49. The zero-order valence-corrected chi connectivity index (χ0v) is 15.2. The molecule has 1 saturated carbocycles. The highest BCUT2D eigenvalue weighted by atomic mass is 16.2. The maximum atomic E-state index is 12.5. The molecule has 0 saturated heterocycles. The highest BCUT2D eigenvalue weighted by Gasteiger charge is 2.42. The fourth-order valence-corrected chi connectivity index (χ4v) is 4.42. The molecule has 1 fully saturated rings. The molecule has 1 aromatic carbocycles. The monoisotopic (exact) mass is 314 g/mol. The van der Waals surface area contributed by atoms with Crippen LogP contribution in [0.25, 0.3) is 0 Å². The Morgan fingerprint density at radius 2 is 1.70 bits per heavy atom. The average molecular weight is 314 g/mol. The van der Waals surface area contributed by atoms with E-state index in [9.17, 15) is 9.59 Å². The summed E-state index contributed by atoms with van der Waals surface area (Å²) in [6.07, 6.45) is 4.12. The summed E-state index contributed by atoms with van der Waals surface area (Å²) < 4.78 is 0. The molecule has 0 amide bonds. The van der Waals surface area contributed by atoms with Crippen molar-refractivity contribution in [2.45, 2.75) is 66.2 Å². The SMILES string of the molecule is CC(=O)C(=O)C1CCCCC1C(c1ccccc1C)C(C)(C)C. The van der Waals surface area contributed by atoms with Gasteiger partial charge in [-0.25, -0.2) is 0 Å². The molecule has 0 radical (unpaired) electrons. The highest BCUT2D eigenvalue weighted by molar-refractivity contribution is 6.37. The second-order valence-electron chi connectivity index (χ2n) is 8.18. The fourth-order valence-electron chi connectivity index (χ4n) is 4.42. The number of aryl methyl sites for hydroxylation is 1. The van der Waals surface area contributed by atoms with Gasteiger partial charge in [0.05, 0.1) is 0 Å². The van der Waals surface area contributed by atoms with Crippen molar-refractivity contribution in [3.63, 3.8) is 0 Å². The molecule has 1 aromatic rings. The van der Waals surface area contributed by atoms with Gasteiger partial charge in [-0.2, -0.15) is 0 Å². The van der Waals surface area contributed by atoms with Gasteiger partial charge in [0.2, 0.25) is 5.78 Å². The van der Waals surface area contributed by atoms with Crippen LogP contribution in [0.3, 0.4) is 0 Å². The maximum Gasteiger partial charge on any atom is 0.201 e. The summed E-state index contributed by atoms with van der Waals surface area (Å²) in [7, 11) is 0. The lowest BCUT2D eigenvalue weighted by Crippen LogP contribution is -2.39. The van der Waals surface area contributed by atoms with E-state index in [1.807, 2.05) is 0 Å². The Hall–Kier alpha value is -1.44. The van der Waals surface area contributed by atoms with Crippen LogP contribution >= 0.6 is 0 Å². The van der Waals surface area contributed by atoms with Crippen LogP contribution < -0.4 is 0 Å². The molecule has 1 aliphatic carbocycles.